The van der Waals surface area contributed by atoms with E-state index in [4.69, 9.17) is 4.74 Å². The molecule has 1 aromatic heterocycles. The molecule has 1 saturated heterocycles. The van der Waals surface area contributed by atoms with Gasteiger partial charge < -0.3 is 20.5 Å². The summed E-state index contributed by atoms with van der Waals surface area (Å²) in [6.07, 6.45) is 2.49. The molecule has 1 unspecified atom stereocenters. The number of hydrogen-bond donors (Lipinski definition) is 3. The van der Waals surface area contributed by atoms with Crippen molar-refractivity contribution >= 4 is 11.6 Å². The Morgan fingerprint density at radius 3 is 2.65 bits per heavy atom. The molecule has 1 aliphatic rings. The highest BCUT2D eigenvalue weighted by Crippen LogP contribution is 2.19. The highest BCUT2D eigenvalue weighted by Gasteiger charge is 2.32. The molecule has 3 N–H and O–H groups in total. The van der Waals surface area contributed by atoms with Crippen LogP contribution in [0.1, 0.15) is 32.5 Å². The number of nitrogens with one attached hydrogen (secondary N) is 2. The third-order valence-corrected chi connectivity index (χ3v) is 3.33. The maximum Gasteiger partial charge on any atom is 0.132 e. The van der Waals surface area contributed by atoms with Crippen molar-refractivity contribution in [2.75, 3.05) is 36.9 Å². The van der Waals surface area contributed by atoms with Gasteiger partial charge in [0.15, 0.2) is 0 Å². The van der Waals surface area contributed by atoms with Gasteiger partial charge in [-0.3, -0.25) is 0 Å². The zero-order valence-electron chi connectivity index (χ0n) is 12.3. The van der Waals surface area contributed by atoms with E-state index in [1.807, 2.05) is 13.0 Å². The van der Waals surface area contributed by atoms with E-state index in [0.717, 1.165) is 36.8 Å². The van der Waals surface area contributed by atoms with E-state index < -0.39 is 5.60 Å². The molecule has 1 fully saturated rings. The van der Waals surface area contributed by atoms with Gasteiger partial charge in [0.05, 0.1) is 6.61 Å². The first kappa shape index (κ1) is 15.0. The molecule has 2 rings (SSSR count). The number of aryl methyl sites for hydroxylation is 1. The molecular formula is C14H24N4O2. The lowest BCUT2D eigenvalue weighted by molar-refractivity contribution is 0.0381. The molecule has 2 heterocycles. The second-order valence-electron chi connectivity index (χ2n) is 5.22. The van der Waals surface area contributed by atoms with Crippen LogP contribution in [0.4, 0.5) is 11.6 Å². The monoisotopic (exact) mass is 280 g/mol. The molecule has 6 nitrogen and oxygen atoms in total. The minimum Gasteiger partial charge on any atom is -0.386 e. The Morgan fingerprint density at radius 1 is 1.30 bits per heavy atom. The summed E-state index contributed by atoms with van der Waals surface area (Å²) in [5.74, 6) is 2.37. The van der Waals surface area contributed by atoms with Crippen LogP contribution in [0.15, 0.2) is 6.07 Å². The summed E-state index contributed by atoms with van der Waals surface area (Å²) in [4.78, 5) is 8.87. The summed E-state index contributed by atoms with van der Waals surface area (Å²) in [6, 6.07) is 1.88. The zero-order valence-corrected chi connectivity index (χ0v) is 12.3. The van der Waals surface area contributed by atoms with E-state index in [2.05, 4.69) is 27.5 Å². The van der Waals surface area contributed by atoms with Crippen LogP contribution in [-0.2, 0) is 11.2 Å². The topological polar surface area (TPSA) is 79.3 Å². The normalized spacial score (nSPS) is 21.9. The van der Waals surface area contributed by atoms with Gasteiger partial charge in [-0.05, 0) is 6.42 Å². The molecular weight excluding hydrogens is 256 g/mol. The smallest absolute Gasteiger partial charge is 0.132 e. The fourth-order valence-corrected chi connectivity index (χ4v) is 2.08. The minimum atomic E-state index is -0.783. The van der Waals surface area contributed by atoms with Gasteiger partial charge >= 0.3 is 0 Å². The zero-order chi connectivity index (χ0) is 14.4. The number of anilines is 2. The van der Waals surface area contributed by atoms with Crippen molar-refractivity contribution in [2.24, 2.45) is 0 Å². The summed E-state index contributed by atoms with van der Waals surface area (Å²) in [5.41, 5.74) is -0.783. The number of aliphatic hydroxyl groups is 1. The molecule has 0 bridgehead atoms. The number of rotatable bonds is 7. The van der Waals surface area contributed by atoms with Crippen molar-refractivity contribution in [1.82, 2.24) is 9.97 Å². The fourth-order valence-electron chi connectivity index (χ4n) is 2.08. The SMILES string of the molecule is CCCNc1cc(NCC2(O)CCOC2)nc(CC)n1. The van der Waals surface area contributed by atoms with Gasteiger partial charge in [-0.2, -0.15) is 0 Å². The third kappa shape index (κ3) is 4.05. The molecule has 20 heavy (non-hydrogen) atoms. The van der Waals surface area contributed by atoms with Crippen LogP contribution in [0.25, 0.3) is 0 Å². The first-order chi connectivity index (χ1) is 9.65. The van der Waals surface area contributed by atoms with E-state index in [1.165, 1.54) is 0 Å². The van der Waals surface area contributed by atoms with Crippen LogP contribution in [-0.4, -0.2) is 47.0 Å². The van der Waals surface area contributed by atoms with Gasteiger partial charge in [0.1, 0.15) is 23.1 Å². The molecule has 0 saturated carbocycles. The van der Waals surface area contributed by atoms with Crippen LogP contribution < -0.4 is 10.6 Å². The van der Waals surface area contributed by atoms with E-state index >= 15 is 0 Å². The quantitative estimate of drug-likeness (QED) is 0.701. The predicted molar refractivity (Wildman–Crippen MR) is 79.1 cm³/mol. The van der Waals surface area contributed by atoms with Crippen molar-refractivity contribution in [3.05, 3.63) is 11.9 Å². The second kappa shape index (κ2) is 6.85. The Balaban J connectivity index is 2.01. The number of hydrogen-bond acceptors (Lipinski definition) is 6. The summed E-state index contributed by atoms with van der Waals surface area (Å²) in [5, 5.41) is 16.7. The standard InChI is InChI=1S/C14H24N4O2/c1-3-6-15-12-8-13(18-11(4-2)17-12)16-9-14(19)5-7-20-10-14/h8,19H,3-7,9-10H2,1-2H3,(H2,15,16,17,18). The first-order valence-electron chi connectivity index (χ1n) is 7.31. The van der Waals surface area contributed by atoms with E-state index in [9.17, 15) is 5.11 Å². The molecule has 1 atom stereocenters. The molecule has 0 amide bonds. The summed E-state index contributed by atoms with van der Waals surface area (Å²) >= 11 is 0. The van der Waals surface area contributed by atoms with Gasteiger partial charge in [-0.1, -0.05) is 13.8 Å². The molecule has 112 valence electrons. The van der Waals surface area contributed by atoms with Crippen LogP contribution in [0.5, 0.6) is 0 Å². The Kier molecular flexibility index (Phi) is 5.14. The third-order valence-electron chi connectivity index (χ3n) is 3.33. The van der Waals surface area contributed by atoms with Gasteiger partial charge in [0.2, 0.25) is 0 Å². The maximum absolute atomic E-state index is 10.2. The second-order valence-corrected chi connectivity index (χ2v) is 5.22. The highest BCUT2D eigenvalue weighted by atomic mass is 16.5. The summed E-state index contributed by atoms with van der Waals surface area (Å²) in [7, 11) is 0. The molecule has 1 aliphatic heterocycles. The van der Waals surface area contributed by atoms with Crippen molar-refractivity contribution < 1.29 is 9.84 Å². The van der Waals surface area contributed by atoms with Crippen molar-refractivity contribution in [3.63, 3.8) is 0 Å². The predicted octanol–water partition coefficient (Wildman–Crippen LogP) is 1.42. The number of ether oxygens (including phenoxy) is 1. The van der Waals surface area contributed by atoms with E-state index in [1.54, 1.807) is 0 Å². The van der Waals surface area contributed by atoms with Crippen LogP contribution >= 0.6 is 0 Å². The largest absolute Gasteiger partial charge is 0.386 e. The van der Waals surface area contributed by atoms with Gasteiger partial charge in [-0.15, -0.1) is 0 Å². The average Bonchev–Trinajstić information content (AvgIpc) is 2.90. The van der Waals surface area contributed by atoms with Crippen LogP contribution in [0.3, 0.4) is 0 Å². The highest BCUT2D eigenvalue weighted by molar-refractivity contribution is 5.47. The summed E-state index contributed by atoms with van der Waals surface area (Å²) in [6.45, 7) is 6.47. The Hall–Kier alpha value is -1.40. The molecule has 0 radical (unpaired) electrons. The molecule has 0 aromatic carbocycles. The number of aromatic nitrogens is 2. The maximum atomic E-state index is 10.2. The van der Waals surface area contributed by atoms with Crippen LogP contribution in [0.2, 0.25) is 0 Å². The van der Waals surface area contributed by atoms with Gasteiger partial charge in [-0.25, -0.2) is 9.97 Å². The average molecular weight is 280 g/mol. The molecule has 0 aliphatic carbocycles. The molecule has 0 spiro atoms. The molecule has 6 heteroatoms. The van der Waals surface area contributed by atoms with Gasteiger partial charge in [0, 0.05) is 38.6 Å². The Morgan fingerprint density at radius 2 is 2.05 bits per heavy atom. The van der Waals surface area contributed by atoms with Crippen molar-refractivity contribution in [2.45, 2.75) is 38.7 Å². The lowest BCUT2D eigenvalue weighted by atomic mass is 10.0. The van der Waals surface area contributed by atoms with Crippen molar-refractivity contribution in [3.8, 4) is 0 Å². The fraction of sp³-hybridized carbons (Fsp3) is 0.714. The van der Waals surface area contributed by atoms with E-state index in [0.29, 0.717) is 26.2 Å². The molecule has 1 aromatic rings. The number of nitrogens with zero attached hydrogens (tertiary/aromatic N) is 2. The van der Waals surface area contributed by atoms with Gasteiger partial charge in [0.25, 0.3) is 0 Å². The van der Waals surface area contributed by atoms with E-state index in [-0.39, 0.29) is 0 Å². The Bertz CT molecular complexity index is 433. The lowest BCUT2D eigenvalue weighted by Crippen LogP contribution is -2.37. The van der Waals surface area contributed by atoms with Crippen LogP contribution in [0, 0.1) is 0 Å². The Labute approximate surface area is 120 Å². The lowest BCUT2D eigenvalue weighted by Gasteiger charge is -2.21. The van der Waals surface area contributed by atoms with Crippen molar-refractivity contribution in [1.29, 1.82) is 0 Å². The first-order valence-corrected chi connectivity index (χ1v) is 7.31. The minimum absolute atomic E-state index is 0.382. The summed E-state index contributed by atoms with van der Waals surface area (Å²) < 4.78 is 5.24.